The average molecular weight is 356 g/mol. The van der Waals surface area contributed by atoms with E-state index in [2.05, 4.69) is 33.9 Å². The number of aryl methyl sites for hydroxylation is 1. The molecular formula is C16H28N2O5Si. The van der Waals surface area contributed by atoms with Crippen LogP contribution in [0.4, 0.5) is 5.69 Å². The highest BCUT2D eigenvalue weighted by molar-refractivity contribution is 6.74. The van der Waals surface area contributed by atoms with E-state index in [0.29, 0.717) is 19.6 Å². The highest BCUT2D eigenvalue weighted by Gasteiger charge is 2.36. The lowest BCUT2D eigenvalue weighted by Gasteiger charge is -2.36. The molecule has 0 saturated carbocycles. The molecule has 1 rings (SSSR count). The van der Waals surface area contributed by atoms with E-state index >= 15 is 0 Å². The third-order valence-electron chi connectivity index (χ3n) is 4.39. The second kappa shape index (κ2) is 7.93. The first kappa shape index (κ1) is 20.4. The molecule has 0 aromatic carbocycles. The number of aromatic nitrogens is 1. The van der Waals surface area contributed by atoms with Gasteiger partial charge in [-0.1, -0.05) is 20.8 Å². The van der Waals surface area contributed by atoms with Gasteiger partial charge in [0.25, 0.3) is 5.69 Å². The quantitative estimate of drug-likeness (QED) is 0.231. The zero-order chi connectivity index (χ0) is 18.5. The summed E-state index contributed by atoms with van der Waals surface area (Å²) in [5.74, 6) is -0.545. The lowest BCUT2D eigenvalue weighted by atomic mass is 10.2. The molecule has 0 aliphatic heterocycles. The Morgan fingerprint density at radius 1 is 1.38 bits per heavy atom. The molecule has 1 aromatic rings. The summed E-state index contributed by atoms with van der Waals surface area (Å²) >= 11 is 0. The van der Waals surface area contributed by atoms with Gasteiger partial charge in [0.15, 0.2) is 8.32 Å². The van der Waals surface area contributed by atoms with Crippen LogP contribution in [0.1, 0.15) is 44.6 Å². The van der Waals surface area contributed by atoms with Crippen molar-refractivity contribution in [1.82, 2.24) is 4.57 Å². The molecule has 0 radical (unpaired) electrons. The number of nitrogens with zero attached hydrogens (tertiary/aromatic N) is 2. The van der Waals surface area contributed by atoms with Crippen LogP contribution in [-0.4, -0.2) is 37.0 Å². The summed E-state index contributed by atoms with van der Waals surface area (Å²) in [4.78, 5) is 22.4. The Morgan fingerprint density at radius 3 is 2.50 bits per heavy atom. The van der Waals surface area contributed by atoms with E-state index in [-0.39, 0.29) is 23.0 Å². The van der Waals surface area contributed by atoms with Crippen LogP contribution < -0.4 is 0 Å². The van der Waals surface area contributed by atoms with Crippen LogP contribution in [0.3, 0.4) is 0 Å². The maximum atomic E-state index is 11.9. The predicted octanol–water partition coefficient (Wildman–Crippen LogP) is 3.98. The molecule has 0 aliphatic carbocycles. The van der Waals surface area contributed by atoms with Crippen LogP contribution in [0.15, 0.2) is 12.3 Å². The fraction of sp³-hybridized carbons (Fsp3) is 0.688. The molecular weight excluding hydrogens is 328 g/mol. The van der Waals surface area contributed by atoms with Crippen molar-refractivity contribution >= 4 is 20.0 Å². The Morgan fingerprint density at radius 2 is 2.00 bits per heavy atom. The minimum atomic E-state index is -1.81. The van der Waals surface area contributed by atoms with Crippen LogP contribution in [0.25, 0.3) is 0 Å². The topological polar surface area (TPSA) is 83.6 Å². The van der Waals surface area contributed by atoms with Crippen LogP contribution in [0.5, 0.6) is 0 Å². The third-order valence-corrected chi connectivity index (χ3v) is 8.93. The largest absolute Gasteiger partial charge is 0.461 e. The van der Waals surface area contributed by atoms with Gasteiger partial charge in [0, 0.05) is 19.2 Å². The van der Waals surface area contributed by atoms with Gasteiger partial charge in [-0.2, -0.15) is 0 Å². The average Bonchev–Trinajstić information content (AvgIpc) is 2.87. The lowest BCUT2D eigenvalue weighted by molar-refractivity contribution is -0.384. The van der Waals surface area contributed by atoms with Crippen LogP contribution in [0.2, 0.25) is 18.1 Å². The summed E-state index contributed by atoms with van der Waals surface area (Å²) in [7, 11) is -1.81. The number of ether oxygens (including phenoxy) is 1. The molecule has 1 heterocycles. The summed E-state index contributed by atoms with van der Waals surface area (Å²) < 4.78 is 12.6. The zero-order valence-corrected chi connectivity index (χ0v) is 16.4. The second-order valence-electron chi connectivity index (χ2n) is 7.22. The van der Waals surface area contributed by atoms with Crippen molar-refractivity contribution in [3.8, 4) is 0 Å². The van der Waals surface area contributed by atoms with Crippen molar-refractivity contribution in [2.24, 2.45) is 0 Å². The van der Waals surface area contributed by atoms with Crippen LogP contribution in [-0.2, 0) is 15.7 Å². The number of esters is 1. The molecule has 0 spiro atoms. The molecule has 0 bridgehead atoms. The summed E-state index contributed by atoms with van der Waals surface area (Å²) in [5, 5.41) is 11.1. The molecule has 24 heavy (non-hydrogen) atoms. The molecule has 136 valence electrons. The normalized spacial score (nSPS) is 12.2. The van der Waals surface area contributed by atoms with E-state index in [0.717, 1.165) is 0 Å². The summed E-state index contributed by atoms with van der Waals surface area (Å²) in [6.07, 6.45) is 2.04. The van der Waals surface area contributed by atoms with Crippen molar-refractivity contribution in [3.63, 3.8) is 0 Å². The third kappa shape index (κ3) is 5.17. The lowest BCUT2D eigenvalue weighted by Crippen LogP contribution is -2.41. The first-order chi connectivity index (χ1) is 11.0. The Balaban J connectivity index is 2.73. The van der Waals surface area contributed by atoms with E-state index in [4.69, 9.17) is 9.16 Å². The van der Waals surface area contributed by atoms with Gasteiger partial charge in [-0.15, -0.1) is 0 Å². The van der Waals surface area contributed by atoms with Gasteiger partial charge >= 0.3 is 5.97 Å². The van der Waals surface area contributed by atoms with Gasteiger partial charge in [0.2, 0.25) is 0 Å². The highest BCUT2D eigenvalue weighted by Crippen LogP contribution is 2.36. The van der Waals surface area contributed by atoms with Crippen LogP contribution in [0, 0.1) is 10.1 Å². The Kier molecular flexibility index (Phi) is 6.73. The fourth-order valence-electron chi connectivity index (χ4n) is 1.93. The smallest absolute Gasteiger partial charge is 0.355 e. The zero-order valence-electron chi connectivity index (χ0n) is 15.4. The molecule has 0 aliphatic rings. The predicted molar refractivity (Wildman–Crippen MR) is 94.8 cm³/mol. The Labute approximate surface area is 144 Å². The highest BCUT2D eigenvalue weighted by atomic mass is 28.4. The minimum Gasteiger partial charge on any atom is -0.461 e. The first-order valence-corrected chi connectivity index (χ1v) is 11.1. The standard InChI is InChI=1S/C16H28N2O5Si/c1-7-22-15(19)14-11-13(18(20)21)12-17(14)9-8-10-23-24(5,6)16(2,3)4/h11-12H,7-10H2,1-6H3. The van der Waals surface area contributed by atoms with E-state index in [1.165, 1.54) is 12.3 Å². The van der Waals surface area contributed by atoms with Crippen LogP contribution >= 0.6 is 0 Å². The van der Waals surface area contributed by atoms with Crippen molar-refractivity contribution in [3.05, 3.63) is 28.1 Å². The Bertz CT molecular complexity index is 590. The molecule has 0 amide bonds. The molecule has 0 fully saturated rings. The molecule has 1 aromatic heterocycles. The fourth-order valence-corrected chi connectivity index (χ4v) is 3.02. The maximum Gasteiger partial charge on any atom is 0.355 e. The van der Waals surface area contributed by atoms with E-state index in [1.54, 1.807) is 11.5 Å². The number of hydrogen-bond donors (Lipinski definition) is 0. The molecule has 8 heteroatoms. The van der Waals surface area contributed by atoms with Crippen molar-refractivity contribution < 1.29 is 18.9 Å². The summed E-state index contributed by atoms with van der Waals surface area (Å²) in [6, 6.07) is 1.26. The molecule has 7 nitrogen and oxygen atoms in total. The monoisotopic (exact) mass is 356 g/mol. The molecule has 0 N–H and O–H groups in total. The number of nitro groups is 1. The van der Waals surface area contributed by atoms with Crippen molar-refractivity contribution in [2.75, 3.05) is 13.2 Å². The van der Waals surface area contributed by atoms with Gasteiger partial charge in [0.05, 0.1) is 17.7 Å². The first-order valence-electron chi connectivity index (χ1n) is 8.15. The van der Waals surface area contributed by atoms with Gasteiger partial charge in [-0.05, 0) is 31.5 Å². The SMILES string of the molecule is CCOC(=O)c1cc([N+](=O)[O-])cn1CCCO[Si](C)(C)C(C)(C)C. The minimum absolute atomic E-state index is 0.108. The number of carbonyl (C=O) groups is 1. The van der Waals surface area contributed by atoms with Gasteiger partial charge in [-0.3, -0.25) is 10.1 Å². The van der Waals surface area contributed by atoms with Crippen molar-refractivity contribution in [1.29, 1.82) is 0 Å². The van der Waals surface area contributed by atoms with E-state index < -0.39 is 19.2 Å². The van der Waals surface area contributed by atoms with E-state index in [1.807, 2.05) is 0 Å². The number of rotatable bonds is 8. The Hall–Kier alpha value is -1.67. The van der Waals surface area contributed by atoms with Crippen molar-refractivity contribution in [2.45, 2.75) is 58.8 Å². The van der Waals surface area contributed by atoms with Gasteiger partial charge in [0.1, 0.15) is 5.69 Å². The number of hydrogen-bond acceptors (Lipinski definition) is 5. The van der Waals surface area contributed by atoms with Gasteiger partial charge in [-0.25, -0.2) is 4.79 Å². The number of carbonyl (C=O) groups excluding carboxylic acids is 1. The maximum absolute atomic E-state index is 11.9. The van der Waals surface area contributed by atoms with Gasteiger partial charge < -0.3 is 13.7 Å². The molecule has 0 saturated heterocycles. The second-order valence-corrected chi connectivity index (χ2v) is 12.0. The molecule has 0 unspecified atom stereocenters. The molecule has 0 atom stereocenters. The summed E-state index contributed by atoms with van der Waals surface area (Å²) in [6.45, 7) is 13.8. The summed E-state index contributed by atoms with van der Waals surface area (Å²) in [5.41, 5.74) is 0.0965. The van der Waals surface area contributed by atoms with E-state index in [9.17, 15) is 14.9 Å².